The minimum absolute atomic E-state index is 0.0358. The van der Waals surface area contributed by atoms with Crippen LogP contribution in [0.2, 0.25) is 0 Å². The second kappa shape index (κ2) is 8.51. The van der Waals surface area contributed by atoms with Gasteiger partial charge in [0.15, 0.2) is 0 Å². The smallest absolute Gasteiger partial charge is 0.124 e. The molecular weight excluding hydrogens is 228 g/mol. The van der Waals surface area contributed by atoms with Gasteiger partial charge in [-0.15, -0.1) is 0 Å². The quantitative estimate of drug-likeness (QED) is 0.736. The summed E-state index contributed by atoms with van der Waals surface area (Å²) in [7, 11) is 0. The average Bonchev–Trinajstić information content (AvgIpc) is 2.43. The molecule has 1 aromatic rings. The number of aliphatic hydroxyl groups is 1. The van der Waals surface area contributed by atoms with Crippen LogP contribution in [0.3, 0.4) is 0 Å². The molecule has 0 bridgehead atoms. The fourth-order valence-corrected chi connectivity index (χ4v) is 1.59. The number of benzene rings is 1. The Morgan fingerprint density at radius 3 is 2.89 bits per heavy atom. The van der Waals surface area contributed by atoms with E-state index in [1.807, 2.05) is 24.3 Å². The Hall–Kier alpha value is -1.57. The highest BCUT2D eigenvalue weighted by molar-refractivity contribution is 5.32. The van der Waals surface area contributed by atoms with Gasteiger partial charge in [0.1, 0.15) is 5.75 Å². The summed E-state index contributed by atoms with van der Waals surface area (Å²) in [5.74, 6) is 0.687. The summed E-state index contributed by atoms with van der Waals surface area (Å²) in [5.41, 5.74) is 0.771. The molecule has 0 spiro atoms. The van der Waals surface area contributed by atoms with Gasteiger partial charge in [0.2, 0.25) is 0 Å². The average molecular weight is 248 g/mol. The van der Waals surface area contributed by atoms with Crippen LogP contribution in [0.25, 0.3) is 0 Å². The Balaban J connectivity index is 2.38. The van der Waals surface area contributed by atoms with Crippen molar-refractivity contribution in [2.75, 3.05) is 13.2 Å². The zero-order valence-corrected chi connectivity index (χ0v) is 10.7. The summed E-state index contributed by atoms with van der Waals surface area (Å²) in [5, 5.41) is 21.2. The first-order valence-electron chi connectivity index (χ1n) is 6.26. The van der Waals surface area contributed by atoms with Gasteiger partial charge in [0.25, 0.3) is 0 Å². The molecule has 0 aromatic heterocycles. The molecular formula is C14H20N2O2. The molecule has 1 aromatic carbocycles. The van der Waals surface area contributed by atoms with Crippen LogP contribution in [0.5, 0.6) is 5.75 Å². The number of hydrogen-bond acceptors (Lipinski definition) is 4. The van der Waals surface area contributed by atoms with E-state index in [-0.39, 0.29) is 12.6 Å². The number of nitrogens with zero attached hydrogens (tertiary/aromatic N) is 1. The molecule has 4 heteroatoms. The Morgan fingerprint density at radius 1 is 1.44 bits per heavy atom. The maximum absolute atomic E-state index is 9.14. The highest BCUT2D eigenvalue weighted by atomic mass is 16.5. The fraction of sp³-hybridized carbons (Fsp3) is 0.500. The Labute approximate surface area is 108 Å². The van der Waals surface area contributed by atoms with Gasteiger partial charge in [0.05, 0.1) is 25.3 Å². The lowest BCUT2D eigenvalue weighted by molar-refractivity contribution is 0.258. The minimum atomic E-state index is -0.175. The van der Waals surface area contributed by atoms with Crippen molar-refractivity contribution in [3.05, 3.63) is 29.8 Å². The summed E-state index contributed by atoms with van der Waals surface area (Å²) < 4.78 is 5.59. The number of hydrogen-bond donors (Lipinski definition) is 2. The van der Waals surface area contributed by atoms with Crippen LogP contribution in [0, 0.1) is 11.3 Å². The first-order chi connectivity index (χ1) is 8.81. The summed E-state index contributed by atoms with van der Waals surface area (Å²) in [6.45, 7) is 3.33. The van der Waals surface area contributed by atoms with Crippen LogP contribution in [0.4, 0.5) is 0 Å². The van der Waals surface area contributed by atoms with Gasteiger partial charge in [0, 0.05) is 12.0 Å². The Kier molecular flexibility index (Phi) is 6.85. The summed E-state index contributed by atoms with van der Waals surface area (Å²) in [6, 6.07) is 9.42. The molecule has 98 valence electrons. The first-order valence-corrected chi connectivity index (χ1v) is 6.26. The van der Waals surface area contributed by atoms with E-state index in [2.05, 4.69) is 18.3 Å². The third-order valence-electron chi connectivity index (χ3n) is 2.60. The van der Waals surface area contributed by atoms with Crippen molar-refractivity contribution in [1.82, 2.24) is 5.32 Å². The van der Waals surface area contributed by atoms with Crippen molar-refractivity contribution < 1.29 is 9.84 Å². The van der Waals surface area contributed by atoms with E-state index in [1.54, 1.807) is 0 Å². The molecule has 0 saturated heterocycles. The number of ether oxygens (including phenoxy) is 1. The molecule has 1 rings (SSSR count). The maximum atomic E-state index is 9.14. The zero-order valence-electron chi connectivity index (χ0n) is 10.7. The molecule has 0 aliphatic carbocycles. The van der Waals surface area contributed by atoms with E-state index in [4.69, 9.17) is 15.1 Å². The number of nitrogens with one attached hydrogen (secondary N) is 1. The molecule has 0 radical (unpaired) electrons. The first kappa shape index (κ1) is 14.5. The summed E-state index contributed by atoms with van der Waals surface area (Å²) in [4.78, 5) is 0. The van der Waals surface area contributed by atoms with Gasteiger partial charge in [-0.25, -0.2) is 0 Å². The Morgan fingerprint density at radius 2 is 2.22 bits per heavy atom. The van der Waals surface area contributed by atoms with Gasteiger partial charge in [-0.3, -0.25) is 0 Å². The van der Waals surface area contributed by atoms with Crippen molar-refractivity contribution in [3.63, 3.8) is 0 Å². The van der Waals surface area contributed by atoms with Crippen LogP contribution in [0.15, 0.2) is 24.3 Å². The van der Waals surface area contributed by atoms with Crippen LogP contribution >= 0.6 is 0 Å². The maximum Gasteiger partial charge on any atom is 0.124 e. The molecule has 2 N–H and O–H groups in total. The highest BCUT2D eigenvalue weighted by Gasteiger charge is 2.07. The minimum Gasteiger partial charge on any atom is -0.493 e. The van der Waals surface area contributed by atoms with Gasteiger partial charge >= 0.3 is 0 Å². The summed E-state index contributed by atoms with van der Waals surface area (Å²) in [6.07, 6.45) is 1.64. The fourth-order valence-electron chi connectivity index (χ4n) is 1.59. The van der Waals surface area contributed by atoms with Crippen molar-refractivity contribution >= 4 is 0 Å². The normalized spacial score (nSPS) is 11.8. The molecule has 0 saturated carbocycles. The van der Waals surface area contributed by atoms with Crippen molar-refractivity contribution in [2.45, 2.75) is 32.4 Å². The number of aliphatic hydroxyl groups excluding tert-OH is 1. The molecule has 0 fully saturated rings. The van der Waals surface area contributed by atoms with Gasteiger partial charge in [-0.2, -0.15) is 5.26 Å². The van der Waals surface area contributed by atoms with E-state index in [9.17, 15) is 0 Å². The molecule has 0 aliphatic rings. The topological polar surface area (TPSA) is 65.3 Å². The second-order valence-electron chi connectivity index (χ2n) is 4.04. The van der Waals surface area contributed by atoms with Crippen LogP contribution in [-0.4, -0.2) is 24.3 Å². The van der Waals surface area contributed by atoms with Crippen molar-refractivity contribution in [1.29, 1.82) is 5.26 Å². The lowest BCUT2D eigenvalue weighted by atomic mass is 10.2. The van der Waals surface area contributed by atoms with E-state index in [1.165, 1.54) is 0 Å². The lowest BCUT2D eigenvalue weighted by Gasteiger charge is -2.13. The second-order valence-corrected chi connectivity index (χ2v) is 4.04. The number of nitriles is 1. The number of para-hydroxylation sites is 1. The monoisotopic (exact) mass is 248 g/mol. The zero-order chi connectivity index (χ0) is 13.2. The molecule has 18 heavy (non-hydrogen) atoms. The van der Waals surface area contributed by atoms with E-state index < -0.39 is 0 Å². The van der Waals surface area contributed by atoms with E-state index in [0.717, 1.165) is 18.5 Å². The van der Waals surface area contributed by atoms with E-state index in [0.29, 0.717) is 18.8 Å². The largest absolute Gasteiger partial charge is 0.493 e. The van der Waals surface area contributed by atoms with Gasteiger partial charge < -0.3 is 15.2 Å². The van der Waals surface area contributed by atoms with Crippen molar-refractivity contribution in [2.24, 2.45) is 0 Å². The standard InChI is InChI=1S/C14H20N2O2/c1-2-8-16-13(10-15)7-9-18-14-6-4-3-5-12(14)11-17/h3-6,13,16-17H,2,7-9,11H2,1H3. The predicted molar refractivity (Wildman–Crippen MR) is 70.2 cm³/mol. The SMILES string of the molecule is CCCNC(C#N)CCOc1ccccc1CO. The molecule has 4 nitrogen and oxygen atoms in total. The van der Waals surface area contributed by atoms with Crippen LogP contribution in [-0.2, 0) is 6.61 Å². The van der Waals surface area contributed by atoms with Crippen LogP contribution in [0.1, 0.15) is 25.3 Å². The molecule has 0 amide bonds. The summed E-state index contributed by atoms with van der Waals surface area (Å²) >= 11 is 0. The molecule has 0 aliphatic heterocycles. The van der Waals surface area contributed by atoms with E-state index >= 15 is 0 Å². The van der Waals surface area contributed by atoms with Gasteiger partial charge in [-0.05, 0) is 19.0 Å². The van der Waals surface area contributed by atoms with Gasteiger partial charge in [-0.1, -0.05) is 25.1 Å². The Bertz CT molecular complexity index is 388. The van der Waals surface area contributed by atoms with Crippen LogP contribution < -0.4 is 10.1 Å². The predicted octanol–water partition coefficient (Wildman–Crippen LogP) is 1.84. The highest BCUT2D eigenvalue weighted by Crippen LogP contribution is 2.17. The molecule has 1 atom stereocenters. The molecule has 0 heterocycles. The molecule has 1 unspecified atom stereocenters. The third kappa shape index (κ3) is 4.74. The third-order valence-corrected chi connectivity index (χ3v) is 2.60. The number of rotatable bonds is 8. The van der Waals surface area contributed by atoms with Crippen molar-refractivity contribution in [3.8, 4) is 11.8 Å². The lowest BCUT2D eigenvalue weighted by Crippen LogP contribution is -2.29.